The van der Waals surface area contributed by atoms with Gasteiger partial charge in [-0.3, -0.25) is 9.48 Å². The van der Waals surface area contributed by atoms with Crippen LogP contribution in [0.15, 0.2) is 60.9 Å². The molecule has 0 spiro atoms. The smallest absolute Gasteiger partial charge is 0.255 e. The molecule has 0 fully saturated rings. The number of hydrogen-bond acceptors (Lipinski definition) is 5. The number of hydrogen-bond donors (Lipinski definition) is 1. The van der Waals surface area contributed by atoms with Gasteiger partial charge in [-0.2, -0.15) is 5.10 Å². The minimum atomic E-state index is -0.212. The Morgan fingerprint density at radius 2 is 1.97 bits per heavy atom. The molecule has 8 nitrogen and oxygen atoms in total. The van der Waals surface area contributed by atoms with Crippen LogP contribution in [0, 0.1) is 6.92 Å². The Morgan fingerprint density at radius 3 is 2.77 bits per heavy atom. The van der Waals surface area contributed by atoms with E-state index in [-0.39, 0.29) is 11.9 Å². The normalized spacial score (nSPS) is 11.1. The maximum atomic E-state index is 12.8. The molecule has 0 saturated heterocycles. The van der Waals surface area contributed by atoms with Crippen molar-refractivity contribution in [3.8, 4) is 11.4 Å². The molecule has 1 N–H and O–H groups in total. The van der Waals surface area contributed by atoms with Gasteiger partial charge in [0.25, 0.3) is 5.91 Å². The van der Waals surface area contributed by atoms with E-state index in [1.54, 1.807) is 23.0 Å². The second kappa shape index (κ2) is 8.28. The molecule has 0 aliphatic rings. The van der Waals surface area contributed by atoms with Crippen molar-refractivity contribution in [2.75, 3.05) is 5.32 Å². The second-order valence-electron chi connectivity index (χ2n) is 7.43. The SMILES string of the molecule is Cc1ccccc1Cn1cc(NC(=O)c2cccc(-c3nnnn3C(C)C)c2)cn1. The summed E-state index contributed by atoms with van der Waals surface area (Å²) in [5.41, 5.74) is 4.35. The third kappa shape index (κ3) is 4.12. The van der Waals surface area contributed by atoms with Crippen LogP contribution >= 0.6 is 0 Å². The van der Waals surface area contributed by atoms with Gasteiger partial charge in [-0.1, -0.05) is 36.4 Å². The number of aromatic nitrogens is 6. The number of tetrazole rings is 1. The van der Waals surface area contributed by atoms with E-state index in [1.807, 2.05) is 49.0 Å². The third-order valence-electron chi connectivity index (χ3n) is 4.85. The van der Waals surface area contributed by atoms with Crippen molar-refractivity contribution in [3.05, 3.63) is 77.6 Å². The summed E-state index contributed by atoms with van der Waals surface area (Å²) in [6.07, 6.45) is 3.48. The Morgan fingerprint density at radius 1 is 1.13 bits per heavy atom. The summed E-state index contributed by atoms with van der Waals surface area (Å²) in [5.74, 6) is 0.418. The average molecular weight is 401 g/mol. The number of amides is 1. The number of rotatable bonds is 6. The fourth-order valence-electron chi connectivity index (χ4n) is 3.21. The first kappa shape index (κ1) is 19.5. The first-order valence-electron chi connectivity index (χ1n) is 9.78. The van der Waals surface area contributed by atoms with Crippen LogP contribution in [0.2, 0.25) is 0 Å². The van der Waals surface area contributed by atoms with Gasteiger partial charge in [0.15, 0.2) is 5.82 Å². The fourth-order valence-corrected chi connectivity index (χ4v) is 3.21. The lowest BCUT2D eigenvalue weighted by Crippen LogP contribution is -2.12. The molecule has 4 rings (SSSR count). The van der Waals surface area contributed by atoms with Crippen molar-refractivity contribution in [1.82, 2.24) is 30.0 Å². The van der Waals surface area contributed by atoms with E-state index in [2.05, 4.69) is 45.0 Å². The van der Waals surface area contributed by atoms with Crippen LogP contribution in [-0.4, -0.2) is 35.9 Å². The number of carbonyl (C=O) groups is 1. The van der Waals surface area contributed by atoms with Gasteiger partial charge in [0.05, 0.1) is 24.5 Å². The molecule has 0 bridgehead atoms. The maximum absolute atomic E-state index is 12.8. The Labute approximate surface area is 174 Å². The molecule has 30 heavy (non-hydrogen) atoms. The van der Waals surface area contributed by atoms with Gasteiger partial charge in [-0.15, -0.1) is 5.10 Å². The van der Waals surface area contributed by atoms with E-state index in [0.29, 0.717) is 23.6 Å². The van der Waals surface area contributed by atoms with Crippen LogP contribution in [0.25, 0.3) is 11.4 Å². The predicted molar refractivity (Wildman–Crippen MR) is 114 cm³/mol. The Bertz CT molecular complexity index is 1180. The van der Waals surface area contributed by atoms with Crippen LogP contribution in [0.5, 0.6) is 0 Å². The Balaban J connectivity index is 1.49. The topological polar surface area (TPSA) is 90.5 Å². The van der Waals surface area contributed by atoms with Crippen molar-refractivity contribution in [2.45, 2.75) is 33.4 Å². The zero-order valence-corrected chi connectivity index (χ0v) is 17.1. The van der Waals surface area contributed by atoms with Crippen molar-refractivity contribution < 1.29 is 4.79 Å². The van der Waals surface area contributed by atoms with E-state index in [0.717, 1.165) is 5.56 Å². The molecule has 4 aromatic rings. The molecule has 2 aromatic heterocycles. The molecular formula is C22H23N7O. The van der Waals surface area contributed by atoms with Gasteiger partial charge in [0.2, 0.25) is 0 Å². The van der Waals surface area contributed by atoms with Crippen molar-refractivity contribution in [3.63, 3.8) is 0 Å². The first-order chi connectivity index (χ1) is 14.5. The lowest BCUT2D eigenvalue weighted by Gasteiger charge is -2.09. The third-order valence-corrected chi connectivity index (χ3v) is 4.85. The highest BCUT2D eigenvalue weighted by atomic mass is 16.1. The summed E-state index contributed by atoms with van der Waals surface area (Å²) in [5, 5.41) is 19.1. The molecule has 0 atom stereocenters. The lowest BCUT2D eigenvalue weighted by molar-refractivity contribution is 0.102. The highest BCUT2D eigenvalue weighted by molar-refractivity contribution is 6.04. The Kier molecular flexibility index (Phi) is 5.38. The molecule has 2 heterocycles. The molecule has 152 valence electrons. The van der Waals surface area contributed by atoms with E-state index in [4.69, 9.17) is 0 Å². The van der Waals surface area contributed by atoms with Crippen LogP contribution in [0.4, 0.5) is 5.69 Å². The molecule has 0 aliphatic heterocycles. The predicted octanol–water partition coefficient (Wildman–Crippen LogP) is 3.73. The fraction of sp³-hybridized carbons (Fsp3) is 0.227. The monoisotopic (exact) mass is 401 g/mol. The zero-order chi connectivity index (χ0) is 21.1. The van der Waals surface area contributed by atoms with E-state index < -0.39 is 0 Å². The van der Waals surface area contributed by atoms with Gasteiger partial charge < -0.3 is 5.32 Å². The summed E-state index contributed by atoms with van der Waals surface area (Å²) in [7, 11) is 0. The van der Waals surface area contributed by atoms with Crippen molar-refractivity contribution >= 4 is 11.6 Å². The van der Waals surface area contributed by atoms with E-state index in [1.165, 1.54) is 11.1 Å². The number of benzene rings is 2. The molecule has 0 unspecified atom stereocenters. The van der Waals surface area contributed by atoms with Crippen LogP contribution in [0.1, 0.15) is 41.4 Å². The second-order valence-corrected chi connectivity index (χ2v) is 7.43. The van der Waals surface area contributed by atoms with E-state index >= 15 is 0 Å². The van der Waals surface area contributed by atoms with E-state index in [9.17, 15) is 4.79 Å². The molecule has 0 radical (unpaired) electrons. The van der Waals surface area contributed by atoms with Crippen LogP contribution in [-0.2, 0) is 6.54 Å². The standard InChI is InChI=1S/C22H23N7O/c1-15(2)29-21(25-26-27-29)17-9-6-10-18(11-17)22(30)24-20-12-23-28(14-20)13-19-8-5-4-7-16(19)3/h4-12,14-15H,13H2,1-3H3,(H,24,30). The molecular weight excluding hydrogens is 378 g/mol. The number of anilines is 1. The minimum Gasteiger partial charge on any atom is -0.319 e. The summed E-state index contributed by atoms with van der Waals surface area (Å²) < 4.78 is 3.54. The summed E-state index contributed by atoms with van der Waals surface area (Å²) >= 11 is 0. The number of carbonyl (C=O) groups excluding carboxylic acids is 1. The number of nitrogens with zero attached hydrogens (tertiary/aromatic N) is 6. The summed E-state index contributed by atoms with van der Waals surface area (Å²) in [6.45, 7) is 6.73. The van der Waals surface area contributed by atoms with Gasteiger partial charge in [-0.05, 0) is 54.5 Å². The van der Waals surface area contributed by atoms with Crippen LogP contribution in [0.3, 0.4) is 0 Å². The summed E-state index contributed by atoms with van der Waals surface area (Å²) in [4.78, 5) is 12.8. The minimum absolute atomic E-state index is 0.117. The molecule has 1 amide bonds. The highest BCUT2D eigenvalue weighted by Crippen LogP contribution is 2.21. The van der Waals surface area contributed by atoms with Gasteiger partial charge in [0.1, 0.15) is 0 Å². The zero-order valence-electron chi connectivity index (χ0n) is 17.1. The van der Waals surface area contributed by atoms with Gasteiger partial charge >= 0.3 is 0 Å². The first-order valence-corrected chi connectivity index (χ1v) is 9.78. The average Bonchev–Trinajstić information content (AvgIpc) is 3.39. The quantitative estimate of drug-likeness (QED) is 0.532. The highest BCUT2D eigenvalue weighted by Gasteiger charge is 2.14. The molecule has 8 heteroatoms. The van der Waals surface area contributed by atoms with Crippen molar-refractivity contribution in [1.29, 1.82) is 0 Å². The van der Waals surface area contributed by atoms with Gasteiger partial charge in [0, 0.05) is 17.3 Å². The Hall–Kier alpha value is -3.81. The number of aryl methyl sites for hydroxylation is 1. The summed E-state index contributed by atoms with van der Waals surface area (Å²) in [6, 6.07) is 15.6. The molecule has 0 aliphatic carbocycles. The molecule has 0 saturated carbocycles. The molecule has 2 aromatic carbocycles. The lowest BCUT2D eigenvalue weighted by atomic mass is 10.1. The van der Waals surface area contributed by atoms with Gasteiger partial charge in [-0.25, -0.2) is 4.68 Å². The number of nitrogens with one attached hydrogen (secondary N) is 1. The maximum Gasteiger partial charge on any atom is 0.255 e. The largest absolute Gasteiger partial charge is 0.319 e. The van der Waals surface area contributed by atoms with Crippen molar-refractivity contribution in [2.24, 2.45) is 0 Å². The van der Waals surface area contributed by atoms with Crippen LogP contribution < -0.4 is 5.32 Å².